The molecule has 1 heterocycles. The van der Waals surface area contributed by atoms with E-state index >= 15 is 0 Å². The predicted octanol–water partition coefficient (Wildman–Crippen LogP) is 3.58. The smallest absolute Gasteiger partial charge is 0.338 e. The van der Waals surface area contributed by atoms with Crippen molar-refractivity contribution in [1.82, 2.24) is 4.90 Å². The molecule has 1 saturated heterocycles. The van der Waals surface area contributed by atoms with Crippen LogP contribution >= 0.6 is 0 Å². The van der Waals surface area contributed by atoms with Gasteiger partial charge in [0.2, 0.25) is 0 Å². The molecule has 1 aliphatic heterocycles. The van der Waals surface area contributed by atoms with Gasteiger partial charge in [0, 0.05) is 30.4 Å². The SMILES string of the molecule is CCOC(=O)c1ccc(N2CCN(Cc3ccc(F)cc3F)C2=O)cc1. The lowest BCUT2D eigenvalue weighted by Crippen LogP contribution is -2.31. The second-order valence-electron chi connectivity index (χ2n) is 5.86. The van der Waals surface area contributed by atoms with Crippen molar-refractivity contribution in [2.24, 2.45) is 0 Å². The van der Waals surface area contributed by atoms with E-state index in [1.807, 2.05) is 0 Å². The van der Waals surface area contributed by atoms with Crippen molar-refractivity contribution < 1.29 is 23.1 Å². The highest BCUT2D eigenvalue weighted by atomic mass is 19.1. The maximum Gasteiger partial charge on any atom is 0.338 e. The Labute approximate surface area is 149 Å². The van der Waals surface area contributed by atoms with Gasteiger partial charge >= 0.3 is 12.0 Å². The van der Waals surface area contributed by atoms with Crippen LogP contribution in [0.25, 0.3) is 0 Å². The third-order valence-corrected chi connectivity index (χ3v) is 4.16. The van der Waals surface area contributed by atoms with Crippen LogP contribution in [0, 0.1) is 11.6 Å². The number of hydrogen-bond donors (Lipinski definition) is 0. The Morgan fingerprint density at radius 3 is 2.50 bits per heavy atom. The first kappa shape index (κ1) is 17.8. The van der Waals surface area contributed by atoms with Crippen LogP contribution in [0.4, 0.5) is 19.3 Å². The average molecular weight is 360 g/mol. The van der Waals surface area contributed by atoms with Crippen LogP contribution in [0.1, 0.15) is 22.8 Å². The standard InChI is InChI=1S/C19H18F2N2O3/c1-2-26-18(24)13-4-7-16(8-5-13)23-10-9-22(19(23)25)12-14-3-6-15(20)11-17(14)21/h3-8,11H,2,9-10,12H2,1H3. The zero-order chi connectivity index (χ0) is 18.7. The summed E-state index contributed by atoms with van der Waals surface area (Å²) in [4.78, 5) is 27.3. The first-order valence-corrected chi connectivity index (χ1v) is 8.27. The maximum absolute atomic E-state index is 13.8. The second kappa shape index (κ2) is 7.51. The number of halogens is 2. The maximum atomic E-state index is 13.8. The molecular weight excluding hydrogens is 342 g/mol. The molecule has 0 radical (unpaired) electrons. The van der Waals surface area contributed by atoms with Gasteiger partial charge in [0.1, 0.15) is 11.6 Å². The average Bonchev–Trinajstić information content (AvgIpc) is 2.98. The first-order valence-electron chi connectivity index (χ1n) is 8.27. The van der Waals surface area contributed by atoms with Gasteiger partial charge in [-0.2, -0.15) is 0 Å². The summed E-state index contributed by atoms with van der Waals surface area (Å²) < 4.78 is 31.7. The number of amides is 2. The molecule has 2 aromatic rings. The molecule has 2 aromatic carbocycles. The molecule has 0 bridgehead atoms. The summed E-state index contributed by atoms with van der Waals surface area (Å²) in [5.74, 6) is -1.74. The summed E-state index contributed by atoms with van der Waals surface area (Å²) in [6, 6.07) is 9.60. The molecule has 3 rings (SSSR count). The summed E-state index contributed by atoms with van der Waals surface area (Å²) >= 11 is 0. The van der Waals surface area contributed by atoms with Gasteiger partial charge in [-0.25, -0.2) is 18.4 Å². The number of esters is 1. The lowest BCUT2D eigenvalue weighted by atomic mass is 10.2. The van der Waals surface area contributed by atoms with Gasteiger partial charge in [-0.05, 0) is 37.3 Å². The normalized spacial score (nSPS) is 14.0. The molecular formula is C19H18F2N2O3. The van der Waals surface area contributed by atoms with Gasteiger partial charge in [-0.1, -0.05) is 6.07 Å². The van der Waals surface area contributed by atoms with Crippen LogP contribution in [-0.2, 0) is 11.3 Å². The minimum Gasteiger partial charge on any atom is -0.462 e. The molecule has 0 saturated carbocycles. The summed E-state index contributed by atoms with van der Waals surface area (Å²) in [6.45, 7) is 2.96. The summed E-state index contributed by atoms with van der Waals surface area (Å²) in [5.41, 5.74) is 1.32. The molecule has 136 valence electrons. The number of ether oxygens (including phenoxy) is 1. The van der Waals surface area contributed by atoms with E-state index in [4.69, 9.17) is 4.74 Å². The Morgan fingerprint density at radius 1 is 1.12 bits per heavy atom. The zero-order valence-electron chi connectivity index (χ0n) is 14.2. The Morgan fingerprint density at radius 2 is 1.85 bits per heavy atom. The van der Waals surface area contributed by atoms with Gasteiger partial charge in [-0.15, -0.1) is 0 Å². The summed E-state index contributed by atoms with van der Waals surface area (Å²) in [7, 11) is 0. The Balaban J connectivity index is 1.69. The van der Waals surface area contributed by atoms with Crippen LogP contribution in [0.5, 0.6) is 0 Å². The fraction of sp³-hybridized carbons (Fsp3) is 0.263. The van der Waals surface area contributed by atoms with Crippen LogP contribution in [-0.4, -0.2) is 36.6 Å². The van der Waals surface area contributed by atoms with Crippen molar-refractivity contribution >= 4 is 17.7 Å². The zero-order valence-corrected chi connectivity index (χ0v) is 14.2. The molecule has 26 heavy (non-hydrogen) atoms. The van der Waals surface area contributed by atoms with Crippen molar-refractivity contribution in [2.45, 2.75) is 13.5 Å². The number of carbonyl (C=O) groups excluding carboxylic acids is 2. The number of anilines is 1. The highest BCUT2D eigenvalue weighted by Crippen LogP contribution is 2.23. The van der Waals surface area contributed by atoms with E-state index in [0.717, 1.165) is 6.07 Å². The van der Waals surface area contributed by atoms with E-state index in [2.05, 4.69) is 0 Å². The number of rotatable bonds is 5. The molecule has 0 spiro atoms. The highest BCUT2D eigenvalue weighted by Gasteiger charge is 2.30. The van der Waals surface area contributed by atoms with Gasteiger partial charge < -0.3 is 9.64 Å². The Hall–Kier alpha value is -2.96. The quantitative estimate of drug-likeness (QED) is 0.766. The van der Waals surface area contributed by atoms with Crippen molar-refractivity contribution in [1.29, 1.82) is 0 Å². The van der Waals surface area contributed by atoms with E-state index in [9.17, 15) is 18.4 Å². The summed E-state index contributed by atoms with van der Waals surface area (Å²) in [5, 5.41) is 0. The van der Waals surface area contributed by atoms with Gasteiger partial charge in [0.25, 0.3) is 0 Å². The second-order valence-corrected chi connectivity index (χ2v) is 5.86. The van der Waals surface area contributed by atoms with Gasteiger partial charge in [0.15, 0.2) is 0 Å². The minimum atomic E-state index is -0.671. The van der Waals surface area contributed by atoms with E-state index < -0.39 is 17.6 Å². The number of urea groups is 1. The largest absolute Gasteiger partial charge is 0.462 e. The molecule has 2 amide bonds. The fourth-order valence-corrected chi connectivity index (χ4v) is 2.82. The van der Waals surface area contributed by atoms with Crippen LogP contribution in [0.3, 0.4) is 0 Å². The van der Waals surface area contributed by atoms with Crippen molar-refractivity contribution in [2.75, 3.05) is 24.6 Å². The van der Waals surface area contributed by atoms with E-state index in [1.54, 1.807) is 36.1 Å². The Bertz CT molecular complexity index is 824. The number of hydrogen-bond acceptors (Lipinski definition) is 3. The van der Waals surface area contributed by atoms with Crippen LogP contribution < -0.4 is 4.90 Å². The highest BCUT2D eigenvalue weighted by molar-refractivity contribution is 5.95. The molecule has 0 aromatic heterocycles. The van der Waals surface area contributed by atoms with Crippen molar-refractivity contribution in [3.8, 4) is 0 Å². The molecule has 0 aliphatic carbocycles. The van der Waals surface area contributed by atoms with E-state index in [0.29, 0.717) is 30.9 Å². The fourth-order valence-electron chi connectivity index (χ4n) is 2.82. The topological polar surface area (TPSA) is 49.9 Å². The van der Waals surface area contributed by atoms with E-state index in [-0.39, 0.29) is 18.1 Å². The predicted molar refractivity (Wildman–Crippen MR) is 91.9 cm³/mol. The third-order valence-electron chi connectivity index (χ3n) is 4.16. The van der Waals surface area contributed by atoms with Gasteiger partial charge in [-0.3, -0.25) is 4.90 Å². The third kappa shape index (κ3) is 3.66. The molecule has 1 aliphatic rings. The molecule has 1 fully saturated rings. The number of benzene rings is 2. The van der Waals surface area contributed by atoms with E-state index in [1.165, 1.54) is 17.0 Å². The van der Waals surface area contributed by atoms with Crippen molar-refractivity contribution in [3.05, 3.63) is 65.2 Å². The number of nitrogens with zero attached hydrogens (tertiary/aromatic N) is 2. The number of carbonyl (C=O) groups is 2. The molecule has 7 heteroatoms. The molecule has 5 nitrogen and oxygen atoms in total. The monoisotopic (exact) mass is 360 g/mol. The summed E-state index contributed by atoms with van der Waals surface area (Å²) in [6.07, 6.45) is 0. The Kier molecular flexibility index (Phi) is 5.16. The first-order chi connectivity index (χ1) is 12.5. The minimum absolute atomic E-state index is 0.0718. The van der Waals surface area contributed by atoms with Crippen LogP contribution in [0.15, 0.2) is 42.5 Å². The molecule has 0 N–H and O–H groups in total. The van der Waals surface area contributed by atoms with Crippen molar-refractivity contribution in [3.63, 3.8) is 0 Å². The van der Waals surface area contributed by atoms with Crippen LogP contribution in [0.2, 0.25) is 0 Å². The molecule has 0 unspecified atom stereocenters. The lowest BCUT2D eigenvalue weighted by molar-refractivity contribution is 0.0526. The molecule has 0 atom stereocenters. The lowest BCUT2D eigenvalue weighted by Gasteiger charge is -2.19. The van der Waals surface area contributed by atoms with Gasteiger partial charge in [0.05, 0.1) is 18.7 Å².